The zero-order chi connectivity index (χ0) is 42.3. The van der Waals surface area contributed by atoms with E-state index in [1.807, 2.05) is 0 Å². The fourth-order valence-electron chi connectivity index (χ4n) is 6.60. The summed E-state index contributed by atoms with van der Waals surface area (Å²) in [5.41, 5.74) is 0. The van der Waals surface area contributed by atoms with Gasteiger partial charge in [0, 0.05) is 19.3 Å². The number of esters is 3. The van der Waals surface area contributed by atoms with Crippen LogP contribution in [0.2, 0.25) is 0 Å². The number of rotatable bonds is 43. The molecule has 0 saturated heterocycles. The van der Waals surface area contributed by atoms with Gasteiger partial charge in [-0.2, -0.15) is 0 Å². The fourth-order valence-corrected chi connectivity index (χ4v) is 6.60. The largest absolute Gasteiger partial charge is 0.462 e. The SMILES string of the molecule is CC/C=C\C/C=C\C/C=C\CCCCCCCC(=O)OC(COC(=O)CCCCCCCCCC)COC(=O)CCCCCCCCC/C=C\C/C=C\CCCCC. The van der Waals surface area contributed by atoms with Crippen molar-refractivity contribution < 1.29 is 28.6 Å². The van der Waals surface area contributed by atoms with E-state index in [0.717, 1.165) is 109 Å². The minimum absolute atomic E-state index is 0.0833. The zero-order valence-corrected chi connectivity index (χ0v) is 38.0. The highest BCUT2D eigenvalue weighted by molar-refractivity contribution is 5.71. The molecule has 0 spiro atoms. The molecular weight excluding hydrogens is 721 g/mol. The molecule has 0 radical (unpaired) electrons. The Morgan fingerprint density at radius 2 is 0.672 bits per heavy atom. The summed E-state index contributed by atoms with van der Waals surface area (Å²) in [6.45, 7) is 6.45. The van der Waals surface area contributed by atoms with Crippen molar-refractivity contribution >= 4 is 17.9 Å². The summed E-state index contributed by atoms with van der Waals surface area (Å²) in [4.78, 5) is 37.8. The molecule has 0 aromatic rings. The minimum atomic E-state index is -0.782. The summed E-state index contributed by atoms with van der Waals surface area (Å²) in [5, 5.41) is 0. The first-order valence-electron chi connectivity index (χ1n) is 24.3. The Kier molecular flexibility index (Phi) is 44.5. The first-order valence-corrected chi connectivity index (χ1v) is 24.3. The Hall–Kier alpha value is -2.89. The number of hydrogen-bond acceptors (Lipinski definition) is 6. The summed E-state index contributed by atoms with van der Waals surface area (Å²) in [5.74, 6) is -0.912. The summed E-state index contributed by atoms with van der Waals surface area (Å²) in [6.07, 6.45) is 56.3. The highest BCUT2D eigenvalue weighted by Crippen LogP contribution is 2.14. The molecule has 0 N–H and O–H groups in total. The van der Waals surface area contributed by atoms with Crippen LogP contribution >= 0.6 is 0 Å². The molecule has 0 heterocycles. The number of ether oxygens (including phenoxy) is 3. The van der Waals surface area contributed by atoms with Crippen LogP contribution in [0, 0.1) is 0 Å². The van der Waals surface area contributed by atoms with E-state index in [1.54, 1.807) is 0 Å². The molecule has 0 aliphatic carbocycles. The molecule has 1 atom stereocenters. The lowest BCUT2D eigenvalue weighted by Crippen LogP contribution is -2.30. The van der Waals surface area contributed by atoms with Crippen molar-refractivity contribution in [2.24, 2.45) is 0 Å². The lowest BCUT2D eigenvalue weighted by atomic mass is 10.1. The fraction of sp³-hybridized carbons (Fsp3) is 0.750. The summed E-state index contributed by atoms with van der Waals surface area (Å²) >= 11 is 0. The van der Waals surface area contributed by atoms with Gasteiger partial charge in [-0.3, -0.25) is 14.4 Å². The number of hydrogen-bond donors (Lipinski definition) is 0. The molecule has 0 bridgehead atoms. The topological polar surface area (TPSA) is 78.9 Å². The maximum atomic E-state index is 12.7. The number of unbranched alkanes of at least 4 members (excludes halogenated alkanes) is 22. The van der Waals surface area contributed by atoms with Crippen LogP contribution in [0.1, 0.15) is 233 Å². The van der Waals surface area contributed by atoms with Crippen molar-refractivity contribution in [3.05, 3.63) is 60.8 Å². The molecule has 0 aromatic carbocycles. The highest BCUT2D eigenvalue weighted by Gasteiger charge is 2.19. The standard InChI is InChI=1S/C52H90O6/c1-4-7-10-13-16-19-21-23-25-26-28-29-31-33-36-39-42-45-51(54)57-48-49(47-56-50(53)44-41-38-35-18-15-12-9-6-3)58-52(55)46-43-40-37-34-32-30-27-24-22-20-17-14-11-8-5-2/h8,11,16-17,19-20,23-25,27,49H,4-7,9-10,12-15,18,21-22,26,28-48H2,1-3H3/b11-8-,19-16-,20-17-,25-23-,27-24-. The van der Waals surface area contributed by atoms with Crippen molar-refractivity contribution in [3.63, 3.8) is 0 Å². The van der Waals surface area contributed by atoms with Gasteiger partial charge in [0.25, 0.3) is 0 Å². The van der Waals surface area contributed by atoms with Crippen LogP contribution in [0.4, 0.5) is 0 Å². The van der Waals surface area contributed by atoms with E-state index in [0.29, 0.717) is 19.3 Å². The van der Waals surface area contributed by atoms with Gasteiger partial charge in [0.1, 0.15) is 13.2 Å². The average molecular weight is 811 g/mol. The molecule has 0 aliphatic rings. The highest BCUT2D eigenvalue weighted by atomic mass is 16.6. The molecule has 0 aliphatic heterocycles. The van der Waals surface area contributed by atoms with Crippen molar-refractivity contribution in [1.29, 1.82) is 0 Å². The van der Waals surface area contributed by atoms with E-state index in [-0.39, 0.29) is 31.1 Å². The zero-order valence-electron chi connectivity index (χ0n) is 38.0. The monoisotopic (exact) mass is 811 g/mol. The van der Waals surface area contributed by atoms with Gasteiger partial charge in [0.15, 0.2) is 6.10 Å². The molecule has 334 valence electrons. The minimum Gasteiger partial charge on any atom is -0.462 e. The van der Waals surface area contributed by atoms with E-state index in [1.165, 1.54) is 83.5 Å². The van der Waals surface area contributed by atoms with E-state index in [2.05, 4.69) is 81.5 Å². The molecule has 6 heteroatoms. The first-order chi connectivity index (χ1) is 28.5. The van der Waals surface area contributed by atoms with Gasteiger partial charge in [-0.05, 0) is 83.5 Å². The van der Waals surface area contributed by atoms with E-state index in [4.69, 9.17) is 14.2 Å². The molecule has 0 aromatic heterocycles. The number of carbonyl (C=O) groups excluding carboxylic acids is 3. The van der Waals surface area contributed by atoms with Gasteiger partial charge in [0.2, 0.25) is 0 Å². The quantitative estimate of drug-likeness (QED) is 0.0264. The van der Waals surface area contributed by atoms with E-state index in [9.17, 15) is 14.4 Å². The lowest BCUT2D eigenvalue weighted by Gasteiger charge is -2.18. The molecule has 0 rings (SSSR count). The van der Waals surface area contributed by atoms with Crippen molar-refractivity contribution in [2.45, 2.75) is 239 Å². The summed E-state index contributed by atoms with van der Waals surface area (Å²) in [7, 11) is 0. The molecule has 58 heavy (non-hydrogen) atoms. The lowest BCUT2D eigenvalue weighted by molar-refractivity contribution is -0.167. The van der Waals surface area contributed by atoms with Crippen LogP contribution in [0.25, 0.3) is 0 Å². The Morgan fingerprint density at radius 3 is 1.09 bits per heavy atom. The van der Waals surface area contributed by atoms with Crippen LogP contribution in [-0.4, -0.2) is 37.2 Å². The second-order valence-corrected chi connectivity index (χ2v) is 16.0. The van der Waals surface area contributed by atoms with E-state index < -0.39 is 6.10 Å². The van der Waals surface area contributed by atoms with Crippen LogP contribution in [0.5, 0.6) is 0 Å². The van der Waals surface area contributed by atoms with Gasteiger partial charge in [-0.15, -0.1) is 0 Å². The second kappa shape index (κ2) is 46.8. The van der Waals surface area contributed by atoms with Crippen molar-refractivity contribution in [2.75, 3.05) is 13.2 Å². The normalized spacial score (nSPS) is 12.5. The smallest absolute Gasteiger partial charge is 0.306 e. The first kappa shape index (κ1) is 55.1. The molecule has 0 saturated carbocycles. The molecular formula is C52H90O6. The van der Waals surface area contributed by atoms with Gasteiger partial charge in [-0.25, -0.2) is 0 Å². The van der Waals surface area contributed by atoms with Crippen LogP contribution in [0.15, 0.2) is 60.8 Å². The predicted molar refractivity (Wildman–Crippen MR) is 247 cm³/mol. The Bertz CT molecular complexity index is 1070. The van der Waals surface area contributed by atoms with Gasteiger partial charge in [0.05, 0.1) is 0 Å². The Labute approximate surface area is 358 Å². The van der Waals surface area contributed by atoms with Crippen LogP contribution in [0.3, 0.4) is 0 Å². The van der Waals surface area contributed by atoms with Gasteiger partial charge >= 0.3 is 17.9 Å². The van der Waals surface area contributed by atoms with Gasteiger partial charge < -0.3 is 14.2 Å². The molecule has 1 unspecified atom stereocenters. The molecule has 0 fully saturated rings. The maximum Gasteiger partial charge on any atom is 0.306 e. The van der Waals surface area contributed by atoms with E-state index >= 15 is 0 Å². The second-order valence-electron chi connectivity index (χ2n) is 16.0. The third-order valence-corrected chi connectivity index (χ3v) is 10.3. The van der Waals surface area contributed by atoms with Crippen LogP contribution < -0.4 is 0 Å². The number of carbonyl (C=O) groups is 3. The summed E-state index contributed by atoms with van der Waals surface area (Å²) < 4.78 is 16.7. The third kappa shape index (κ3) is 44.2. The average Bonchev–Trinajstić information content (AvgIpc) is 3.22. The molecule has 6 nitrogen and oxygen atoms in total. The number of allylic oxidation sites excluding steroid dienone is 10. The predicted octanol–water partition coefficient (Wildman–Crippen LogP) is 15.7. The van der Waals surface area contributed by atoms with Gasteiger partial charge in [-0.1, -0.05) is 191 Å². The Morgan fingerprint density at radius 1 is 0.362 bits per heavy atom. The van der Waals surface area contributed by atoms with Crippen molar-refractivity contribution in [1.82, 2.24) is 0 Å². The van der Waals surface area contributed by atoms with Crippen molar-refractivity contribution in [3.8, 4) is 0 Å². The van der Waals surface area contributed by atoms with Crippen LogP contribution in [-0.2, 0) is 28.6 Å². The molecule has 0 amide bonds. The third-order valence-electron chi connectivity index (χ3n) is 10.3. The Balaban J connectivity index is 4.35. The maximum absolute atomic E-state index is 12.7. The summed E-state index contributed by atoms with van der Waals surface area (Å²) in [6, 6.07) is 0.